The average molecular weight is 307 g/mol. The second kappa shape index (κ2) is 8.94. The molecule has 0 saturated heterocycles. The Labute approximate surface area is 139 Å². The maximum Gasteiger partial charge on any atom is 0.231 e. The van der Waals surface area contributed by atoms with Gasteiger partial charge in [0.2, 0.25) is 5.91 Å². The van der Waals surface area contributed by atoms with Gasteiger partial charge >= 0.3 is 0 Å². The van der Waals surface area contributed by atoms with Crippen molar-refractivity contribution < 1.29 is 4.79 Å². The Balaban J connectivity index is 1.81. The number of unbranched alkanes of at least 4 members (excludes halogenated alkanes) is 1. The van der Waals surface area contributed by atoms with Gasteiger partial charge in [0.15, 0.2) is 0 Å². The fraction of sp³-hybridized carbons (Fsp3) is 0.286. The third-order valence-corrected chi connectivity index (χ3v) is 4.00. The van der Waals surface area contributed by atoms with E-state index in [0.717, 1.165) is 36.9 Å². The molecule has 0 heterocycles. The first-order valence-electron chi connectivity index (χ1n) is 8.22. The lowest BCUT2D eigenvalue weighted by Gasteiger charge is -2.17. The molecule has 2 rings (SSSR count). The fourth-order valence-corrected chi connectivity index (χ4v) is 2.67. The Morgan fingerprint density at radius 1 is 1.00 bits per heavy atom. The van der Waals surface area contributed by atoms with Gasteiger partial charge in [-0.05, 0) is 43.9 Å². The van der Waals surface area contributed by atoms with Crippen LogP contribution >= 0.6 is 0 Å². The quantitative estimate of drug-likeness (QED) is 0.525. The lowest BCUT2D eigenvalue weighted by Crippen LogP contribution is -2.23. The summed E-state index contributed by atoms with van der Waals surface area (Å²) in [7, 11) is 0. The van der Waals surface area contributed by atoms with E-state index < -0.39 is 0 Å². The van der Waals surface area contributed by atoms with Crippen molar-refractivity contribution in [1.82, 2.24) is 0 Å². The van der Waals surface area contributed by atoms with E-state index in [-0.39, 0.29) is 11.8 Å². The predicted octanol–water partition coefficient (Wildman–Crippen LogP) is 5.23. The van der Waals surface area contributed by atoms with Crippen LogP contribution in [0.4, 0.5) is 5.69 Å². The molecule has 0 aliphatic rings. The van der Waals surface area contributed by atoms with Gasteiger partial charge in [-0.15, -0.1) is 0 Å². The summed E-state index contributed by atoms with van der Waals surface area (Å²) in [4.78, 5) is 12.4. The molecule has 1 N–H and O–H groups in total. The van der Waals surface area contributed by atoms with E-state index in [1.54, 1.807) is 0 Å². The molecule has 2 aromatic carbocycles. The van der Waals surface area contributed by atoms with Crippen LogP contribution in [0.15, 0.2) is 72.8 Å². The van der Waals surface area contributed by atoms with E-state index in [1.807, 2.05) is 43.3 Å². The van der Waals surface area contributed by atoms with E-state index in [1.165, 1.54) is 5.56 Å². The molecule has 0 aromatic heterocycles. The van der Waals surface area contributed by atoms with Crippen LogP contribution in [0.25, 0.3) is 0 Å². The van der Waals surface area contributed by atoms with Crippen LogP contribution in [0.5, 0.6) is 0 Å². The molecule has 0 fully saturated rings. The van der Waals surface area contributed by atoms with Crippen molar-refractivity contribution in [2.24, 2.45) is 5.92 Å². The topological polar surface area (TPSA) is 29.1 Å². The maximum atomic E-state index is 12.4. The number of nitrogens with one attached hydrogen (secondary N) is 1. The van der Waals surface area contributed by atoms with Crippen molar-refractivity contribution in [2.45, 2.75) is 32.6 Å². The first-order valence-corrected chi connectivity index (χ1v) is 8.22. The normalized spacial score (nSPS) is 11.7. The van der Waals surface area contributed by atoms with Crippen molar-refractivity contribution >= 4 is 11.6 Å². The third-order valence-electron chi connectivity index (χ3n) is 4.00. The van der Waals surface area contributed by atoms with Crippen molar-refractivity contribution in [3.05, 3.63) is 78.4 Å². The molecule has 120 valence electrons. The summed E-state index contributed by atoms with van der Waals surface area (Å²) in [6.45, 7) is 5.93. The molecular weight excluding hydrogens is 282 g/mol. The summed E-state index contributed by atoms with van der Waals surface area (Å²) >= 11 is 0. The fourth-order valence-electron chi connectivity index (χ4n) is 2.67. The highest BCUT2D eigenvalue weighted by atomic mass is 16.1. The van der Waals surface area contributed by atoms with Crippen molar-refractivity contribution in [1.29, 1.82) is 0 Å². The number of carbonyl (C=O) groups is 1. The molecule has 2 heteroatoms. The van der Waals surface area contributed by atoms with Gasteiger partial charge in [0.25, 0.3) is 0 Å². The van der Waals surface area contributed by atoms with Gasteiger partial charge in [-0.1, -0.05) is 67.1 Å². The Hall–Kier alpha value is -2.35. The van der Waals surface area contributed by atoms with Crippen LogP contribution in [-0.4, -0.2) is 5.91 Å². The second-order valence-electron chi connectivity index (χ2n) is 5.99. The average Bonchev–Trinajstić information content (AvgIpc) is 2.56. The molecule has 2 nitrogen and oxygen atoms in total. The highest BCUT2D eigenvalue weighted by Crippen LogP contribution is 2.20. The van der Waals surface area contributed by atoms with Gasteiger partial charge in [0.05, 0.1) is 5.92 Å². The van der Waals surface area contributed by atoms with E-state index in [2.05, 4.69) is 36.2 Å². The van der Waals surface area contributed by atoms with Crippen LogP contribution in [0.3, 0.4) is 0 Å². The first kappa shape index (κ1) is 17.0. The van der Waals surface area contributed by atoms with Crippen LogP contribution in [-0.2, 0) is 11.2 Å². The number of hydrogen-bond acceptors (Lipinski definition) is 1. The smallest absolute Gasteiger partial charge is 0.231 e. The lowest BCUT2D eigenvalue weighted by atomic mass is 9.93. The van der Waals surface area contributed by atoms with Crippen LogP contribution in [0, 0.1) is 5.92 Å². The number of carbonyl (C=O) groups excluding carboxylic acids is 1. The van der Waals surface area contributed by atoms with E-state index in [9.17, 15) is 4.79 Å². The summed E-state index contributed by atoms with van der Waals surface area (Å²) in [6, 6.07) is 20.1. The lowest BCUT2D eigenvalue weighted by molar-refractivity contribution is -0.119. The van der Waals surface area contributed by atoms with E-state index in [0.29, 0.717) is 0 Å². The van der Waals surface area contributed by atoms with E-state index in [4.69, 9.17) is 0 Å². The minimum atomic E-state index is -0.119. The van der Waals surface area contributed by atoms with Gasteiger partial charge in [-0.2, -0.15) is 0 Å². The Morgan fingerprint density at radius 2 is 1.61 bits per heavy atom. The van der Waals surface area contributed by atoms with Crippen molar-refractivity contribution in [3.8, 4) is 0 Å². The molecule has 0 aliphatic carbocycles. The molecule has 1 unspecified atom stereocenters. The Morgan fingerprint density at radius 3 is 2.22 bits per heavy atom. The number of para-hydroxylation sites is 1. The zero-order valence-electron chi connectivity index (χ0n) is 13.8. The predicted molar refractivity (Wildman–Crippen MR) is 97.4 cm³/mol. The number of anilines is 1. The molecule has 1 amide bonds. The number of benzene rings is 2. The zero-order valence-corrected chi connectivity index (χ0v) is 13.8. The Bertz CT molecular complexity index is 619. The van der Waals surface area contributed by atoms with E-state index >= 15 is 0 Å². The highest BCUT2D eigenvalue weighted by Gasteiger charge is 2.18. The summed E-state index contributed by atoms with van der Waals surface area (Å²) in [6.07, 6.45) is 4.02. The van der Waals surface area contributed by atoms with Gasteiger partial charge in [0, 0.05) is 5.69 Å². The second-order valence-corrected chi connectivity index (χ2v) is 5.99. The minimum Gasteiger partial charge on any atom is -0.326 e. The number of aryl methyl sites for hydroxylation is 1. The molecule has 0 aliphatic heterocycles. The highest BCUT2D eigenvalue weighted by molar-refractivity contribution is 5.94. The largest absolute Gasteiger partial charge is 0.326 e. The molecule has 0 bridgehead atoms. The molecule has 1 atom stereocenters. The van der Waals surface area contributed by atoms with Gasteiger partial charge < -0.3 is 5.32 Å². The van der Waals surface area contributed by atoms with Gasteiger partial charge in [-0.3, -0.25) is 4.79 Å². The standard InChI is InChI=1S/C21H25NO/c1-17(2)20(21(23)22-19-14-7-4-8-15-19)16-10-9-13-18-11-5-3-6-12-18/h3-8,11-12,14-15,20H,1,9-10,13,16H2,2H3,(H,22,23). The molecule has 23 heavy (non-hydrogen) atoms. The third kappa shape index (κ3) is 5.74. The number of rotatable bonds is 8. The molecular formula is C21H25NO. The van der Waals surface area contributed by atoms with Crippen LogP contribution < -0.4 is 5.32 Å². The molecule has 0 radical (unpaired) electrons. The SMILES string of the molecule is C=C(C)C(CCCCc1ccccc1)C(=O)Nc1ccccc1. The van der Waals surface area contributed by atoms with Crippen molar-refractivity contribution in [2.75, 3.05) is 5.32 Å². The summed E-state index contributed by atoms with van der Waals surface area (Å²) in [5.74, 6) is -0.0746. The number of amides is 1. The van der Waals surface area contributed by atoms with Crippen LogP contribution in [0.1, 0.15) is 31.7 Å². The molecule has 0 spiro atoms. The number of hydrogen-bond donors (Lipinski definition) is 1. The summed E-state index contributed by atoms with van der Waals surface area (Å²) < 4.78 is 0. The van der Waals surface area contributed by atoms with Crippen LogP contribution in [0.2, 0.25) is 0 Å². The van der Waals surface area contributed by atoms with Crippen molar-refractivity contribution in [3.63, 3.8) is 0 Å². The first-order chi connectivity index (χ1) is 11.2. The molecule has 2 aromatic rings. The van der Waals surface area contributed by atoms with Gasteiger partial charge in [-0.25, -0.2) is 0 Å². The summed E-state index contributed by atoms with van der Waals surface area (Å²) in [5, 5.41) is 2.98. The maximum absolute atomic E-state index is 12.4. The van der Waals surface area contributed by atoms with Gasteiger partial charge in [0.1, 0.15) is 0 Å². The monoisotopic (exact) mass is 307 g/mol. The minimum absolute atomic E-state index is 0.0448. The summed E-state index contributed by atoms with van der Waals surface area (Å²) in [5.41, 5.74) is 3.12. The molecule has 0 saturated carbocycles. The Kier molecular flexibility index (Phi) is 6.61. The zero-order chi connectivity index (χ0) is 16.5.